The molecule has 2 aromatic carbocycles. The van der Waals surface area contributed by atoms with Crippen molar-refractivity contribution in [2.75, 3.05) is 24.1 Å². The van der Waals surface area contributed by atoms with Gasteiger partial charge in [-0.2, -0.15) is 0 Å². The first-order valence-corrected chi connectivity index (χ1v) is 9.62. The number of carbonyl (C=O) groups is 1. The van der Waals surface area contributed by atoms with Gasteiger partial charge in [0.25, 0.3) is 0 Å². The van der Waals surface area contributed by atoms with Gasteiger partial charge in [-0.05, 0) is 54.4 Å². The zero-order valence-electron chi connectivity index (χ0n) is 16.2. The van der Waals surface area contributed by atoms with Crippen molar-refractivity contribution >= 4 is 17.3 Å². The maximum Gasteiger partial charge on any atom is 0.228 e. The Kier molecular flexibility index (Phi) is 7.33. The molecule has 1 atom stereocenters. The fourth-order valence-corrected chi connectivity index (χ4v) is 2.94. The van der Waals surface area contributed by atoms with Crippen molar-refractivity contribution in [3.63, 3.8) is 0 Å². The summed E-state index contributed by atoms with van der Waals surface area (Å²) in [6, 6.07) is 18.8. The van der Waals surface area contributed by atoms with Crippen molar-refractivity contribution in [1.82, 2.24) is 10.3 Å². The van der Waals surface area contributed by atoms with Gasteiger partial charge in [-0.15, -0.1) is 0 Å². The van der Waals surface area contributed by atoms with Gasteiger partial charge in [0.15, 0.2) is 0 Å². The summed E-state index contributed by atoms with van der Waals surface area (Å²) < 4.78 is 0. The Bertz CT molecular complexity index is 896. The molecule has 1 heterocycles. The van der Waals surface area contributed by atoms with E-state index in [0.29, 0.717) is 18.7 Å². The lowest BCUT2D eigenvalue weighted by molar-refractivity contribution is -0.115. The van der Waals surface area contributed by atoms with E-state index in [1.807, 2.05) is 48.5 Å². The second kappa shape index (κ2) is 10.4. The topological polar surface area (TPSA) is 100 Å². The number of carbonyl (C=O) groups excluding carboxylic acids is 1. The summed E-state index contributed by atoms with van der Waals surface area (Å²) in [5.74, 6) is -0.0615. The van der Waals surface area contributed by atoms with Crippen molar-refractivity contribution in [2.45, 2.75) is 18.9 Å². The van der Waals surface area contributed by atoms with E-state index in [2.05, 4.69) is 15.6 Å². The fourth-order valence-electron chi connectivity index (χ4n) is 2.94. The van der Waals surface area contributed by atoms with E-state index in [1.165, 1.54) is 0 Å². The Balaban J connectivity index is 1.39. The molecule has 0 fully saturated rings. The summed E-state index contributed by atoms with van der Waals surface area (Å²) in [4.78, 5) is 16.2. The van der Waals surface area contributed by atoms with Crippen LogP contribution in [0.25, 0.3) is 0 Å². The maximum absolute atomic E-state index is 12.2. The van der Waals surface area contributed by atoms with Crippen LogP contribution in [0.2, 0.25) is 0 Å². The number of nitrogens with zero attached hydrogens (tertiary/aromatic N) is 1. The summed E-state index contributed by atoms with van der Waals surface area (Å²) in [6.45, 7) is 1.23. The summed E-state index contributed by atoms with van der Waals surface area (Å²) in [5, 5.41) is 16.3. The van der Waals surface area contributed by atoms with Gasteiger partial charge >= 0.3 is 0 Å². The quantitative estimate of drug-likeness (QED) is 0.332. The van der Waals surface area contributed by atoms with E-state index in [1.54, 1.807) is 24.5 Å². The summed E-state index contributed by atoms with van der Waals surface area (Å²) in [6.07, 6.45) is 3.94. The monoisotopic (exact) mass is 390 g/mol. The standard InChI is InChI=1S/C23H26N4O2/c24-20-7-3-18(4-8-20)14-23(29)27-21-9-5-17(6-10-21)11-13-26-16-22(28)19-2-1-12-25-15-19/h1-10,12,15,22,26,28H,11,13-14,16,24H2,(H,27,29)/t22-/m0/s1. The van der Waals surface area contributed by atoms with Crippen LogP contribution in [0.5, 0.6) is 0 Å². The molecule has 0 saturated carbocycles. The first kappa shape index (κ1) is 20.5. The molecule has 1 amide bonds. The molecule has 6 nitrogen and oxygen atoms in total. The largest absolute Gasteiger partial charge is 0.399 e. The summed E-state index contributed by atoms with van der Waals surface area (Å²) in [7, 11) is 0. The number of aromatic nitrogens is 1. The predicted molar refractivity (Wildman–Crippen MR) is 115 cm³/mol. The molecule has 1 aromatic heterocycles. The Hall–Kier alpha value is -3.22. The van der Waals surface area contributed by atoms with Crippen LogP contribution in [0.4, 0.5) is 11.4 Å². The van der Waals surface area contributed by atoms with E-state index in [0.717, 1.165) is 35.3 Å². The molecule has 0 saturated heterocycles. The molecule has 150 valence electrons. The second-order valence-electron chi connectivity index (χ2n) is 6.92. The first-order chi connectivity index (χ1) is 14.1. The number of nitrogens with two attached hydrogens (primary N) is 1. The number of hydrogen-bond acceptors (Lipinski definition) is 5. The van der Waals surface area contributed by atoms with Gasteiger partial charge in [-0.3, -0.25) is 9.78 Å². The molecule has 29 heavy (non-hydrogen) atoms. The summed E-state index contributed by atoms with van der Waals surface area (Å²) >= 11 is 0. The van der Waals surface area contributed by atoms with Gasteiger partial charge in [-0.25, -0.2) is 0 Å². The van der Waals surface area contributed by atoms with Crippen LogP contribution < -0.4 is 16.4 Å². The highest BCUT2D eigenvalue weighted by Crippen LogP contribution is 2.12. The highest BCUT2D eigenvalue weighted by Gasteiger charge is 2.07. The number of aliphatic hydroxyl groups excluding tert-OH is 1. The van der Waals surface area contributed by atoms with Crippen molar-refractivity contribution < 1.29 is 9.90 Å². The molecule has 5 N–H and O–H groups in total. The molecule has 0 aliphatic rings. The van der Waals surface area contributed by atoms with Gasteiger partial charge < -0.3 is 21.5 Å². The number of pyridine rings is 1. The Morgan fingerprint density at radius 3 is 2.45 bits per heavy atom. The number of nitrogen functional groups attached to an aromatic ring is 1. The van der Waals surface area contributed by atoms with Crippen molar-refractivity contribution in [3.8, 4) is 0 Å². The minimum atomic E-state index is -0.567. The lowest BCUT2D eigenvalue weighted by Gasteiger charge is -2.12. The van der Waals surface area contributed by atoms with E-state index in [-0.39, 0.29) is 5.91 Å². The third kappa shape index (κ3) is 6.71. The Morgan fingerprint density at radius 1 is 1.03 bits per heavy atom. The first-order valence-electron chi connectivity index (χ1n) is 9.62. The fraction of sp³-hybridized carbons (Fsp3) is 0.217. The number of benzene rings is 2. The molecule has 0 bridgehead atoms. The molecule has 3 rings (SSSR count). The average molecular weight is 390 g/mol. The van der Waals surface area contributed by atoms with Crippen molar-refractivity contribution in [3.05, 3.63) is 89.7 Å². The van der Waals surface area contributed by atoms with Crippen LogP contribution in [0.1, 0.15) is 22.8 Å². The van der Waals surface area contributed by atoms with Gasteiger partial charge in [0.05, 0.1) is 12.5 Å². The van der Waals surface area contributed by atoms with Crippen molar-refractivity contribution in [1.29, 1.82) is 0 Å². The van der Waals surface area contributed by atoms with E-state index < -0.39 is 6.10 Å². The van der Waals surface area contributed by atoms with E-state index >= 15 is 0 Å². The number of anilines is 2. The van der Waals surface area contributed by atoms with E-state index in [4.69, 9.17) is 5.73 Å². The molecule has 0 aliphatic heterocycles. The summed E-state index contributed by atoms with van der Waals surface area (Å²) in [5.41, 5.74) is 10.0. The SMILES string of the molecule is Nc1ccc(CC(=O)Nc2ccc(CCNC[C@H](O)c3cccnc3)cc2)cc1. The van der Waals surface area contributed by atoms with Crippen LogP contribution in [0.15, 0.2) is 73.1 Å². The molecule has 0 radical (unpaired) electrons. The van der Waals surface area contributed by atoms with Crippen LogP contribution in [0, 0.1) is 0 Å². The molecule has 0 spiro atoms. The minimum Gasteiger partial charge on any atom is -0.399 e. The van der Waals surface area contributed by atoms with Crippen LogP contribution in [-0.4, -0.2) is 29.1 Å². The highest BCUT2D eigenvalue weighted by atomic mass is 16.3. The number of hydrogen-bond donors (Lipinski definition) is 4. The second-order valence-corrected chi connectivity index (χ2v) is 6.92. The minimum absolute atomic E-state index is 0.0615. The lowest BCUT2D eigenvalue weighted by atomic mass is 10.1. The molecular weight excluding hydrogens is 364 g/mol. The zero-order chi connectivity index (χ0) is 20.5. The lowest BCUT2D eigenvalue weighted by Crippen LogP contribution is -2.23. The van der Waals surface area contributed by atoms with Crippen LogP contribution in [-0.2, 0) is 17.6 Å². The van der Waals surface area contributed by atoms with Gasteiger partial charge in [-0.1, -0.05) is 30.3 Å². The average Bonchev–Trinajstić information content (AvgIpc) is 2.74. The smallest absolute Gasteiger partial charge is 0.228 e. The predicted octanol–water partition coefficient (Wildman–Crippen LogP) is 2.71. The number of aliphatic hydroxyl groups is 1. The number of nitrogens with one attached hydrogen (secondary N) is 2. The molecule has 3 aromatic rings. The van der Waals surface area contributed by atoms with Gasteiger partial charge in [0.2, 0.25) is 5.91 Å². The van der Waals surface area contributed by atoms with Gasteiger partial charge in [0, 0.05) is 35.9 Å². The molecule has 6 heteroatoms. The third-order valence-corrected chi connectivity index (χ3v) is 4.58. The Morgan fingerprint density at radius 2 is 1.76 bits per heavy atom. The van der Waals surface area contributed by atoms with E-state index in [9.17, 15) is 9.90 Å². The Labute approximate surface area is 170 Å². The number of amides is 1. The normalized spacial score (nSPS) is 11.8. The van der Waals surface area contributed by atoms with Crippen LogP contribution >= 0.6 is 0 Å². The maximum atomic E-state index is 12.2. The molecular formula is C23H26N4O2. The van der Waals surface area contributed by atoms with Crippen LogP contribution in [0.3, 0.4) is 0 Å². The molecule has 0 unspecified atom stereocenters. The van der Waals surface area contributed by atoms with Crippen molar-refractivity contribution in [2.24, 2.45) is 0 Å². The highest BCUT2D eigenvalue weighted by molar-refractivity contribution is 5.92. The number of rotatable bonds is 9. The zero-order valence-corrected chi connectivity index (χ0v) is 16.2. The van der Waals surface area contributed by atoms with Gasteiger partial charge in [0.1, 0.15) is 0 Å². The molecule has 0 aliphatic carbocycles. The third-order valence-electron chi connectivity index (χ3n) is 4.58.